The maximum atomic E-state index is 12.3. The molecule has 0 saturated heterocycles. The second-order valence-corrected chi connectivity index (χ2v) is 6.91. The summed E-state index contributed by atoms with van der Waals surface area (Å²) in [6.07, 6.45) is 3.34. The lowest BCUT2D eigenvalue weighted by atomic mass is 9.88. The normalized spacial score (nSPS) is 18.4. The van der Waals surface area contributed by atoms with E-state index in [1.165, 1.54) is 16.9 Å². The van der Waals surface area contributed by atoms with Crippen LogP contribution in [0.2, 0.25) is 0 Å². The molecule has 0 radical (unpaired) electrons. The molecule has 1 aliphatic rings. The lowest BCUT2D eigenvalue weighted by Crippen LogP contribution is -2.49. The van der Waals surface area contributed by atoms with Crippen molar-refractivity contribution < 1.29 is 4.79 Å². The van der Waals surface area contributed by atoms with E-state index < -0.39 is 0 Å². The molecule has 0 fully saturated rings. The molecule has 3 nitrogen and oxygen atoms in total. The Morgan fingerprint density at radius 2 is 2.26 bits per heavy atom. The van der Waals surface area contributed by atoms with Crippen LogP contribution in [0.1, 0.15) is 48.0 Å². The zero-order valence-electron chi connectivity index (χ0n) is 11.8. The number of fused-ring (bicyclic) bond motifs is 1. The van der Waals surface area contributed by atoms with Gasteiger partial charge in [0.25, 0.3) is 5.91 Å². The van der Waals surface area contributed by atoms with E-state index >= 15 is 0 Å². The summed E-state index contributed by atoms with van der Waals surface area (Å²) >= 11 is 1.73. The highest BCUT2D eigenvalue weighted by Gasteiger charge is 2.26. The zero-order valence-corrected chi connectivity index (χ0v) is 13.4. The van der Waals surface area contributed by atoms with E-state index in [0.717, 1.165) is 24.3 Å². The van der Waals surface area contributed by atoms with Gasteiger partial charge in [-0.1, -0.05) is 6.92 Å². The van der Waals surface area contributed by atoms with Crippen molar-refractivity contribution in [1.29, 1.82) is 0 Å². The van der Waals surface area contributed by atoms with Gasteiger partial charge in [0, 0.05) is 22.3 Å². The summed E-state index contributed by atoms with van der Waals surface area (Å²) in [5, 5.41) is 5.02. The number of rotatable bonds is 3. The summed E-state index contributed by atoms with van der Waals surface area (Å²) in [6, 6.07) is 0. The quantitative estimate of drug-likeness (QED) is 0.902. The van der Waals surface area contributed by atoms with Crippen LogP contribution in [0.15, 0.2) is 5.38 Å². The Morgan fingerprint density at radius 1 is 1.58 bits per heavy atom. The van der Waals surface area contributed by atoms with Gasteiger partial charge >= 0.3 is 0 Å². The monoisotopic (exact) mass is 302 g/mol. The van der Waals surface area contributed by atoms with Gasteiger partial charge in [0.2, 0.25) is 0 Å². The van der Waals surface area contributed by atoms with Crippen LogP contribution in [-0.4, -0.2) is 18.0 Å². The molecule has 0 aromatic carbocycles. The van der Waals surface area contributed by atoms with Gasteiger partial charge in [0.15, 0.2) is 0 Å². The molecule has 1 aromatic heterocycles. The Morgan fingerprint density at radius 3 is 2.89 bits per heavy atom. The fourth-order valence-corrected chi connectivity index (χ4v) is 3.54. The van der Waals surface area contributed by atoms with Gasteiger partial charge in [0.05, 0.1) is 5.56 Å². The molecule has 2 rings (SSSR count). The van der Waals surface area contributed by atoms with Crippen LogP contribution in [0.5, 0.6) is 0 Å². The third kappa shape index (κ3) is 3.71. The predicted octanol–water partition coefficient (Wildman–Crippen LogP) is 2.76. The van der Waals surface area contributed by atoms with Crippen LogP contribution < -0.4 is 11.1 Å². The van der Waals surface area contributed by atoms with Gasteiger partial charge < -0.3 is 11.1 Å². The Kier molecular flexibility index (Phi) is 5.42. The van der Waals surface area contributed by atoms with Crippen molar-refractivity contribution in [2.75, 3.05) is 6.54 Å². The van der Waals surface area contributed by atoms with E-state index in [-0.39, 0.29) is 23.9 Å². The molecule has 1 unspecified atom stereocenters. The van der Waals surface area contributed by atoms with E-state index in [9.17, 15) is 4.79 Å². The zero-order chi connectivity index (χ0) is 13.3. The lowest BCUT2D eigenvalue weighted by Gasteiger charge is -2.25. The molecule has 1 amide bonds. The van der Waals surface area contributed by atoms with Crippen LogP contribution in [0.25, 0.3) is 0 Å². The van der Waals surface area contributed by atoms with Crippen molar-refractivity contribution in [3.8, 4) is 0 Å². The van der Waals surface area contributed by atoms with Gasteiger partial charge in [-0.25, -0.2) is 0 Å². The average molecular weight is 303 g/mol. The van der Waals surface area contributed by atoms with Crippen LogP contribution >= 0.6 is 23.7 Å². The van der Waals surface area contributed by atoms with Crippen molar-refractivity contribution >= 4 is 29.7 Å². The number of hydrogen-bond donors (Lipinski definition) is 2. The number of nitrogens with two attached hydrogens (primary N) is 1. The summed E-state index contributed by atoms with van der Waals surface area (Å²) in [5.74, 6) is 0.769. The Bertz CT molecular complexity index is 456. The number of thiophene rings is 1. The molecular formula is C14H23ClN2OS. The molecule has 1 aliphatic carbocycles. The molecule has 5 heteroatoms. The first-order valence-electron chi connectivity index (χ1n) is 6.55. The molecule has 0 aliphatic heterocycles. The number of amides is 1. The number of carbonyl (C=O) groups excluding carboxylic acids is 1. The minimum Gasteiger partial charge on any atom is -0.346 e. The van der Waals surface area contributed by atoms with E-state index in [2.05, 4.69) is 12.2 Å². The molecule has 3 N–H and O–H groups in total. The molecule has 0 spiro atoms. The largest absolute Gasteiger partial charge is 0.346 e. The standard InChI is InChI=1S/C14H22N2OS.ClH/c1-9-4-5-10-11(7-18-12(10)6-9)13(17)16-14(2,3)8-15;/h7,9H,4-6,8,15H2,1-3H3,(H,16,17);1H. The molecule has 19 heavy (non-hydrogen) atoms. The SMILES string of the molecule is CC1CCc2c(C(=O)NC(C)(C)CN)csc2C1.Cl. The summed E-state index contributed by atoms with van der Waals surface area (Å²) in [6.45, 7) is 6.62. The fourth-order valence-electron chi connectivity index (χ4n) is 2.29. The summed E-state index contributed by atoms with van der Waals surface area (Å²) in [5.41, 5.74) is 7.44. The van der Waals surface area contributed by atoms with Crippen LogP contribution in [0.4, 0.5) is 0 Å². The van der Waals surface area contributed by atoms with Gasteiger partial charge in [-0.2, -0.15) is 0 Å². The van der Waals surface area contributed by atoms with Crippen LogP contribution in [0.3, 0.4) is 0 Å². The third-order valence-corrected chi connectivity index (χ3v) is 4.66. The van der Waals surface area contributed by atoms with Crippen LogP contribution in [0, 0.1) is 5.92 Å². The Balaban J connectivity index is 0.00000180. The van der Waals surface area contributed by atoms with Crippen molar-refractivity contribution in [3.63, 3.8) is 0 Å². The van der Waals surface area contributed by atoms with Crippen molar-refractivity contribution in [2.45, 2.75) is 45.6 Å². The van der Waals surface area contributed by atoms with E-state index in [4.69, 9.17) is 5.73 Å². The maximum Gasteiger partial charge on any atom is 0.252 e. The summed E-state index contributed by atoms with van der Waals surface area (Å²) in [4.78, 5) is 13.7. The average Bonchev–Trinajstić information content (AvgIpc) is 2.71. The maximum absolute atomic E-state index is 12.3. The van der Waals surface area contributed by atoms with Crippen molar-refractivity contribution in [2.24, 2.45) is 11.7 Å². The summed E-state index contributed by atoms with van der Waals surface area (Å²) < 4.78 is 0. The number of halogens is 1. The second-order valence-electron chi connectivity index (χ2n) is 5.94. The molecular weight excluding hydrogens is 280 g/mol. The first-order chi connectivity index (χ1) is 8.43. The highest BCUT2D eigenvalue weighted by Crippen LogP contribution is 2.32. The lowest BCUT2D eigenvalue weighted by molar-refractivity contribution is 0.0915. The van der Waals surface area contributed by atoms with Gasteiger partial charge in [-0.15, -0.1) is 23.7 Å². The third-order valence-electron chi connectivity index (χ3n) is 3.61. The summed E-state index contributed by atoms with van der Waals surface area (Å²) in [7, 11) is 0. The second kappa shape index (κ2) is 6.25. The molecule has 108 valence electrons. The minimum atomic E-state index is -0.339. The first-order valence-corrected chi connectivity index (χ1v) is 7.43. The smallest absolute Gasteiger partial charge is 0.252 e. The number of nitrogens with one attached hydrogen (secondary N) is 1. The Labute approximate surface area is 125 Å². The van der Waals surface area contributed by atoms with E-state index in [1.807, 2.05) is 19.2 Å². The fraction of sp³-hybridized carbons (Fsp3) is 0.643. The molecule has 1 aromatic rings. The van der Waals surface area contributed by atoms with Gasteiger partial charge in [-0.3, -0.25) is 4.79 Å². The number of carbonyl (C=O) groups is 1. The molecule has 0 bridgehead atoms. The van der Waals surface area contributed by atoms with Crippen molar-refractivity contribution in [1.82, 2.24) is 5.32 Å². The first kappa shape index (κ1) is 16.5. The topological polar surface area (TPSA) is 55.1 Å². The highest BCUT2D eigenvalue weighted by atomic mass is 35.5. The van der Waals surface area contributed by atoms with Gasteiger partial charge in [0.1, 0.15) is 0 Å². The number of hydrogen-bond acceptors (Lipinski definition) is 3. The van der Waals surface area contributed by atoms with Gasteiger partial charge in [-0.05, 0) is 44.6 Å². The Hall–Kier alpha value is -0.580. The molecule has 1 heterocycles. The molecule has 0 saturated carbocycles. The van der Waals surface area contributed by atoms with Crippen LogP contribution in [-0.2, 0) is 12.8 Å². The van der Waals surface area contributed by atoms with E-state index in [0.29, 0.717) is 6.54 Å². The molecule has 1 atom stereocenters. The highest BCUT2D eigenvalue weighted by molar-refractivity contribution is 7.10. The van der Waals surface area contributed by atoms with E-state index in [1.54, 1.807) is 11.3 Å². The minimum absolute atomic E-state index is 0. The van der Waals surface area contributed by atoms with Crippen molar-refractivity contribution in [3.05, 3.63) is 21.4 Å². The predicted molar refractivity (Wildman–Crippen MR) is 83.4 cm³/mol.